The van der Waals surface area contributed by atoms with Gasteiger partial charge in [-0.3, -0.25) is 13.9 Å². The molecule has 0 spiro atoms. The zero-order valence-corrected chi connectivity index (χ0v) is 22.2. The molecule has 0 aliphatic rings. The standard InChI is InChI=1S/C28H33N3O4S/c1-20-14-16-25(17-15-20)36(34,35)31(26-13-9-10-21(2)22(26)3)19-27(32)30(23(4)28(33)29-5)18-24-11-7-6-8-12-24/h6-17,23H,18-19H2,1-5H3,(H,29,33). The molecule has 3 aromatic rings. The molecule has 0 saturated carbocycles. The number of sulfonamides is 1. The van der Waals surface area contributed by atoms with E-state index in [1.54, 1.807) is 43.3 Å². The average Bonchev–Trinajstić information content (AvgIpc) is 2.87. The zero-order valence-electron chi connectivity index (χ0n) is 21.4. The van der Waals surface area contributed by atoms with Crippen LogP contribution in [0.2, 0.25) is 0 Å². The average molecular weight is 508 g/mol. The Bertz CT molecular complexity index is 1320. The van der Waals surface area contributed by atoms with Gasteiger partial charge < -0.3 is 10.2 Å². The second-order valence-electron chi connectivity index (χ2n) is 8.84. The van der Waals surface area contributed by atoms with Crippen LogP contribution in [-0.2, 0) is 26.2 Å². The predicted octanol–water partition coefficient (Wildman–Crippen LogP) is 3.97. The van der Waals surface area contributed by atoms with Gasteiger partial charge in [0.1, 0.15) is 12.6 Å². The molecule has 8 heteroatoms. The minimum absolute atomic E-state index is 0.0933. The van der Waals surface area contributed by atoms with Crippen molar-refractivity contribution in [3.05, 3.63) is 95.1 Å². The highest BCUT2D eigenvalue weighted by atomic mass is 32.2. The van der Waals surface area contributed by atoms with Crippen molar-refractivity contribution in [1.82, 2.24) is 10.2 Å². The van der Waals surface area contributed by atoms with E-state index in [-0.39, 0.29) is 17.3 Å². The lowest BCUT2D eigenvalue weighted by Crippen LogP contribution is -2.50. The lowest BCUT2D eigenvalue weighted by molar-refractivity contribution is -0.139. The van der Waals surface area contributed by atoms with Gasteiger partial charge in [-0.1, -0.05) is 60.2 Å². The van der Waals surface area contributed by atoms with Crippen LogP contribution in [0.5, 0.6) is 0 Å². The van der Waals surface area contributed by atoms with Crippen LogP contribution in [0, 0.1) is 20.8 Å². The maximum Gasteiger partial charge on any atom is 0.264 e. The third-order valence-electron chi connectivity index (χ3n) is 6.34. The Morgan fingerprint density at radius 3 is 2.14 bits per heavy atom. The lowest BCUT2D eigenvalue weighted by atomic mass is 10.1. The molecule has 2 amide bonds. The largest absolute Gasteiger partial charge is 0.357 e. The van der Waals surface area contributed by atoms with E-state index in [4.69, 9.17) is 0 Å². The van der Waals surface area contributed by atoms with E-state index >= 15 is 0 Å². The lowest BCUT2D eigenvalue weighted by Gasteiger charge is -2.32. The maximum absolute atomic E-state index is 13.9. The number of rotatable bonds is 9. The van der Waals surface area contributed by atoms with Crippen molar-refractivity contribution in [2.24, 2.45) is 0 Å². The Hall–Kier alpha value is -3.65. The number of hydrogen-bond donors (Lipinski definition) is 1. The topological polar surface area (TPSA) is 86.8 Å². The molecule has 3 aromatic carbocycles. The molecule has 0 radical (unpaired) electrons. The fourth-order valence-corrected chi connectivity index (χ4v) is 5.40. The molecule has 3 rings (SSSR count). The first-order valence-corrected chi connectivity index (χ1v) is 13.2. The number of amides is 2. The van der Waals surface area contributed by atoms with Gasteiger partial charge in [0, 0.05) is 13.6 Å². The molecule has 1 N–H and O–H groups in total. The van der Waals surface area contributed by atoms with Crippen molar-refractivity contribution in [1.29, 1.82) is 0 Å². The number of likely N-dealkylation sites (N-methyl/N-ethyl adjacent to an activating group) is 1. The zero-order chi connectivity index (χ0) is 26.5. The molecule has 0 bridgehead atoms. The molecule has 0 aliphatic heterocycles. The summed E-state index contributed by atoms with van der Waals surface area (Å²) in [5.41, 5.74) is 3.85. The summed E-state index contributed by atoms with van der Waals surface area (Å²) in [5, 5.41) is 2.58. The highest BCUT2D eigenvalue weighted by molar-refractivity contribution is 7.92. The quantitative estimate of drug-likeness (QED) is 0.475. The van der Waals surface area contributed by atoms with Crippen LogP contribution >= 0.6 is 0 Å². The van der Waals surface area contributed by atoms with Gasteiger partial charge in [0.25, 0.3) is 10.0 Å². The molecule has 1 unspecified atom stereocenters. The molecular weight excluding hydrogens is 474 g/mol. The van der Waals surface area contributed by atoms with E-state index < -0.39 is 28.5 Å². The van der Waals surface area contributed by atoms with Gasteiger partial charge in [0.2, 0.25) is 11.8 Å². The van der Waals surface area contributed by atoms with E-state index in [2.05, 4.69) is 5.32 Å². The molecule has 190 valence electrons. The Labute approximate surface area is 213 Å². The second-order valence-corrected chi connectivity index (χ2v) is 10.7. The van der Waals surface area contributed by atoms with Gasteiger partial charge in [-0.15, -0.1) is 0 Å². The van der Waals surface area contributed by atoms with Crippen LogP contribution in [0.25, 0.3) is 0 Å². The van der Waals surface area contributed by atoms with Gasteiger partial charge in [-0.05, 0) is 62.6 Å². The molecule has 0 fully saturated rings. The Morgan fingerprint density at radius 1 is 0.889 bits per heavy atom. The summed E-state index contributed by atoms with van der Waals surface area (Å²) >= 11 is 0. The summed E-state index contributed by atoms with van der Waals surface area (Å²) < 4.78 is 28.9. The van der Waals surface area contributed by atoms with Gasteiger partial charge in [0.15, 0.2) is 0 Å². The minimum atomic E-state index is -4.08. The van der Waals surface area contributed by atoms with Gasteiger partial charge in [-0.2, -0.15) is 0 Å². The van der Waals surface area contributed by atoms with Crippen molar-refractivity contribution in [3.8, 4) is 0 Å². The molecule has 1 atom stereocenters. The monoisotopic (exact) mass is 507 g/mol. The predicted molar refractivity (Wildman–Crippen MR) is 142 cm³/mol. The van der Waals surface area contributed by atoms with Crippen LogP contribution in [0.4, 0.5) is 5.69 Å². The number of carbonyl (C=O) groups is 2. The highest BCUT2D eigenvalue weighted by Gasteiger charge is 2.33. The summed E-state index contributed by atoms with van der Waals surface area (Å²) in [6.07, 6.45) is 0. The van der Waals surface area contributed by atoms with Crippen molar-refractivity contribution in [3.63, 3.8) is 0 Å². The van der Waals surface area contributed by atoms with Gasteiger partial charge in [0.05, 0.1) is 10.6 Å². The summed E-state index contributed by atoms with van der Waals surface area (Å²) in [6, 6.07) is 20.4. The van der Waals surface area contributed by atoms with Gasteiger partial charge >= 0.3 is 0 Å². The first-order chi connectivity index (χ1) is 17.1. The van der Waals surface area contributed by atoms with Crippen molar-refractivity contribution in [2.45, 2.75) is 45.2 Å². The van der Waals surface area contributed by atoms with E-state index in [1.165, 1.54) is 11.9 Å². The van der Waals surface area contributed by atoms with E-state index in [1.807, 2.05) is 57.2 Å². The minimum Gasteiger partial charge on any atom is -0.357 e. The molecule has 36 heavy (non-hydrogen) atoms. The Morgan fingerprint density at radius 2 is 1.53 bits per heavy atom. The fourth-order valence-electron chi connectivity index (χ4n) is 3.93. The molecule has 0 heterocycles. The number of aryl methyl sites for hydroxylation is 2. The summed E-state index contributed by atoms with van der Waals surface area (Å²) in [5.74, 6) is -0.814. The summed E-state index contributed by atoms with van der Waals surface area (Å²) in [4.78, 5) is 27.8. The third kappa shape index (κ3) is 5.94. The van der Waals surface area contributed by atoms with Crippen LogP contribution in [0.15, 0.2) is 77.7 Å². The first kappa shape index (κ1) is 26.9. The Kier molecular flexibility index (Phi) is 8.53. The smallest absolute Gasteiger partial charge is 0.264 e. The van der Waals surface area contributed by atoms with Crippen molar-refractivity contribution < 1.29 is 18.0 Å². The van der Waals surface area contributed by atoms with Crippen molar-refractivity contribution >= 4 is 27.5 Å². The molecule has 7 nitrogen and oxygen atoms in total. The molecule has 0 aromatic heterocycles. The molecular formula is C28H33N3O4S. The first-order valence-electron chi connectivity index (χ1n) is 11.8. The summed E-state index contributed by atoms with van der Waals surface area (Å²) in [7, 11) is -2.57. The van der Waals surface area contributed by atoms with Crippen LogP contribution in [-0.4, -0.2) is 44.8 Å². The number of nitrogens with zero attached hydrogens (tertiary/aromatic N) is 2. The normalized spacial score (nSPS) is 12.0. The van der Waals surface area contributed by atoms with Gasteiger partial charge in [-0.25, -0.2) is 8.42 Å². The van der Waals surface area contributed by atoms with E-state index in [0.717, 1.165) is 26.6 Å². The van der Waals surface area contributed by atoms with E-state index in [0.29, 0.717) is 5.69 Å². The molecule has 0 aliphatic carbocycles. The highest BCUT2D eigenvalue weighted by Crippen LogP contribution is 2.29. The summed E-state index contributed by atoms with van der Waals surface area (Å²) in [6.45, 7) is 6.96. The van der Waals surface area contributed by atoms with Crippen LogP contribution < -0.4 is 9.62 Å². The molecule has 0 saturated heterocycles. The number of nitrogens with one attached hydrogen (secondary N) is 1. The number of hydrogen-bond acceptors (Lipinski definition) is 4. The third-order valence-corrected chi connectivity index (χ3v) is 8.12. The van der Waals surface area contributed by atoms with Crippen molar-refractivity contribution in [2.75, 3.05) is 17.9 Å². The van der Waals surface area contributed by atoms with E-state index in [9.17, 15) is 18.0 Å². The number of benzene rings is 3. The van der Waals surface area contributed by atoms with Crippen LogP contribution in [0.1, 0.15) is 29.2 Å². The Balaban J connectivity index is 2.07. The number of carbonyl (C=O) groups excluding carboxylic acids is 2. The number of anilines is 1. The second kappa shape index (κ2) is 11.4. The van der Waals surface area contributed by atoms with Crippen LogP contribution in [0.3, 0.4) is 0 Å². The maximum atomic E-state index is 13.9. The SMILES string of the molecule is CNC(=O)C(C)N(Cc1ccccc1)C(=O)CN(c1cccc(C)c1C)S(=O)(=O)c1ccc(C)cc1. The fraction of sp³-hybridized carbons (Fsp3) is 0.286.